The van der Waals surface area contributed by atoms with Crippen LogP contribution in [-0.4, -0.2) is 337 Å². The number of carbonyl (C=O) groups excluding carboxylic acids is 6. The number of aliphatic hydroxyl groups is 9. The normalized spacial score (nSPS) is 32.3. The molecule has 40 nitrogen and oxygen atoms in total. The van der Waals surface area contributed by atoms with Crippen LogP contribution in [0, 0.1) is 17.3 Å². The summed E-state index contributed by atoms with van der Waals surface area (Å²) in [5.74, 6) is -6.34. The van der Waals surface area contributed by atoms with Gasteiger partial charge in [0.05, 0.1) is 73.8 Å². The molecular formula is C78H106N14O26S2. The molecule has 42 heteroatoms. The van der Waals surface area contributed by atoms with Gasteiger partial charge in [-0.05, 0) is 74.2 Å². The fourth-order valence-corrected chi connectivity index (χ4v) is 21.3. The lowest BCUT2D eigenvalue weighted by Crippen LogP contribution is -2.82. The van der Waals surface area contributed by atoms with Crippen LogP contribution >= 0.6 is 21.6 Å². The molecule has 3 aromatic heterocycles. The van der Waals surface area contributed by atoms with Crippen molar-refractivity contribution in [2.24, 2.45) is 17.3 Å². The molecule has 656 valence electrons. The molecule has 1 saturated carbocycles. The van der Waals surface area contributed by atoms with Crippen LogP contribution in [0.5, 0.6) is 5.75 Å². The largest absolute Gasteiger partial charge is 0.496 e. The highest BCUT2D eigenvalue weighted by Crippen LogP contribution is 2.68. The van der Waals surface area contributed by atoms with Gasteiger partial charge in [-0.3, -0.25) is 39.2 Å². The minimum atomic E-state index is -2.64. The van der Waals surface area contributed by atoms with Gasteiger partial charge in [0, 0.05) is 140 Å². The number of nitrogens with one attached hydrogen (secondary N) is 5. The number of ether oxygens (including phenoxy) is 7. The van der Waals surface area contributed by atoms with Crippen LogP contribution in [0.2, 0.25) is 0 Å². The number of hydrogen-bond donors (Lipinski definition) is 16. The predicted octanol–water partition coefficient (Wildman–Crippen LogP) is -2.54. The summed E-state index contributed by atoms with van der Waals surface area (Å²) in [6.45, 7) is 7.90. The van der Waals surface area contributed by atoms with Crippen molar-refractivity contribution in [3.8, 4) is 5.75 Å². The highest BCUT2D eigenvalue weighted by molar-refractivity contribution is 8.76. The molecule has 0 radical (unpaired) electrons. The van der Waals surface area contributed by atoms with Gasteiger partial charge in [0.2, 0.25) is 11.8 Å². The van der Waals surface area contributed by atoms with E-state index in [4.69, 9.17) is 33.2 Å². The number of H-pyrrole nitrogens is 1. The number of aromatic amines is 1. The Morgan fingerprint density at radius 3 is 2.07 bits per heavy atom. The number of aliphatic carboxylic acids is 2. The van der Waals surface area contributed by atoms with Crippen LogP contribution in [0.4, 0.5) is 10.5 Å². The number of fused-ring (bicyclic) bond motifs is 6. The molecule has 22 atom stereocenters. The summed E-state index contributed by atoms with van der Waals surface area (Å²) in [5, 5.41) is 142. The minimum Gasteiger partial charge on any atom is -0.496 e. The number of aliphatic hydroxyl groups excluding tert-OH is 7. The molecule has 4 amide bonds. The minimum absolute atomic E-state index is 0.0339. The van der Waals surface area contributed by atoms with E-state index in [1.807, 2.05) is 55.2 Å². The van der Waals surface area contributed by atoms with E-state index in [9.17, 15) is 89.7 Å². The third-order valence-electron chi connectivity index (χ3n) is 25.2. The van der Waals surface area contributed by atoms with Crippen molar-refractivity contribution in [3.05, 3.63) is 94.7 Å². The van der Waals surface area contributed by atoms with E-state index in [0.717, 1.165) is 27.7 Å². The van der Waals surface area contributed by atoms with Crippen molar-refractivity contribution >= 4 is 86.2 Å². The maximum absolute atomic E-state index is 15.4. The first-order valence-electron chi connectivity index (χ1n) is 40.2. The fourth-order valence-electron chi connectivity index (χ4n) is 19.6. The number of para-hydroxylation sites is 1. The van der Waals surface area contributed by atoms with Crippen molar-refractivity contribution in [2.75, 3.05) is 96.3 Å². The van der Waals surface area contributed by atoms with Gasteiger partial charge in [0.25, 0.3) is 12.4 Å². The van der Waals surface area contributed by atoms with Gasteiger partial charge in [-0.15, -0.1) is 10.2 Å². The summed E-state index contributed by atoms with van der Waals surface area (Å²) in [6, 6.07) is 9.21. The van der Waals surface area contributed by atoms with E-state index in [-0.39, 0.29) is 94.1 Å². The summed E-state index contributed by atoms with van der Waals surface area (Å²) in [6.07, 6.45) is -12.6. The van der Waals surface area contributed by atoms with Crippen molar-refractivity contribution < 1.29 is 128 Å². The van der Waals surface area contributed by atoms with E-state index in [0.29, 0.717) is 94.7 Å². The Bertz CT molecular complexity index is 4580. The van der Waals surface area contributed by atoms with Crippen molar-refractivity contribution in [3.63, 3.8) is 0 Å². The molecule has 120 heavy (non-hydrogen) atoms. The third kappa shape index (κ3) is 17.3. The monoisotopic (exact) mass is 1720 g/mol. The summed E-state index contributed by atoms with van der Waals surface area (Å²) < 4.78 is 42.0. The molecule has 2 bridgehead atoms. The molecule has 1 spiro atoms. The van der Waals surface area contributed by atoms with Gasteiger partial charge >= 0.3 is 18.0 Å². The molecule has 5 unspecified atom stereocenters. The molecule has 4 saturated heterocycles. The Morgan fingerprint density at radius 1 is 0.775 bits per heavy atom. The number of Topliss-reactive ketones (excluding diaryl/α,β-unsaturated/α-hetero) is 1. The van der Waals surface area contributed by atoms with Crippen LogP contribution < -0.4 is 31.1 Å². The number of carboxylic acid groups (broad SMARTS) is 2. The average Bonchev–Trinajstić information content (AvgIpc) is 1.47. The number of carboxylic acids is 2. The number of carbonyl (C=O) groups is 8. The van der Waals surface area contributed by atoms with Gasteiger partial charge in [-0.25, -0.2) is 29.2 Å². The van der Waals surface area contributed by atoms with E-state index < -0.39 is 167 Å². The molecular weight excluding hydrogens is 1610 g/mol. The van der Waals surface area contributed by atoms with E-state index >= 15 is 4.79 Å². The summed E-state index contributed by atoms with van der Waals surface area (Å²) in [7, 11) is 5.92. The van der Waals surface area contributed by atoms with Crippen LogP contribution in [0.25, 0.3) is 10.9 Å². The topological polar surface area (TPSA) is 559 Å². The third-order valence-corrected chi connectivity index (χ3v) is 27.6. The molecule has 13 rings (SSSR count). The van der Waals surface area contributed by atoms with Crippen molar-refractivity contribution in [1.29, 1.82) is 0 Å². The van der Waals surface area contributed by atoms with Crippen molar-refractivity contribution in [2.45, 2.75) is 206 Å². The number of ketones is 1. The number of amides is 4. The Morgan fingerprint density at radius 2 is 1.43 bits per heavy atom. The smallest absolute Gasteiger partial charge is 0.426 e. The lowest BCUT2D eigenvalue weighted by Gasteiger charge is -2.63. The van der Waals surface area contributed by atoms with Crippen molar-refractivity contribution in [1.82, 2.24) is 66.3 Å². The number of likely N-dealkylation sites (N-methyl/N-ethyl adjacent to an activating group) is 1. The molecule has 16 N–H and O–H groups in total. The summed E-state index contributed by atoms with van der Waals surface area (Å²) in [5.41, 5.74) is 3.01. The molecule has 8 aliphatic rings. The maximum Gasteiger partial charge on any atom is 0.426 e. The predicted molar refractivity (Wildman–Crippen MR) is 423 cm³/mol. The average molecular weight is 1720 g/mol. The van der Waals surface area contributed by atoms with Crippen LogP contribution in [0.15, 0.2) is 60.9 Å². The molecule has 7 aliphatic heterocycles. The SMILES string of the molecule is CCC(=O)N[C@@H](Cc1cn(CCO[C@@H]2OC(C(=O)O)[C@@H](O)[C@H](O)C2O)nn1)C(=O)C[C@@H](Cc1cn(CCO[C@@H]2OC(C(=O)O)[C@@H](O)[C@H](O)C2O)nn1)C(=O)NCCSSCCOC(=O)NNC(=O)[C@@]1(O)[C@H](O)[C@]2(CC)C=CCN3CC[C@@]4(c5cc([C@@]6(COC=O)C[C@@H]7CN(CCc8c6[nH]c6ccccc86)C[C@](O)(CC)C7)c(OC)cc5N(C)[C@@H]14)[C@@H]32. The second-order valence-corrected chi connectivity index (χ2v) is 35.0. The Hall–Kier alpha value is -8.54. The molecule has 5 fully saturated rings. The summed E-state index contributed by atoms with van der Waals surface area (Å²) in [4.78, 5) is 117. The van der Waals surface area contributed by atoms with Crippen LogP contribution in [-0.2, 0) is 105 Å². The fraction of sp³-hybridized carbons (Fsp3) is 0.641. The number of rotatable bonds is 35. The summed E-state index contributed by atoms with van der Waals surface area (Å²) >= 11 is 0. The number of benzene rings is 2. The van der Waals surface area contributed by atoms with Gasteiger partial charge in [-0.2, -0.15) is 0 Å². The molecule has 5 aromatic rings. The van der Waals surface area contributed by atoms with Gasteiger partial charge in [-0.1, -0.05) is 83.1 Å². The zero-order chi connectivity index (χ0) is 85.9. The second kappa shape index (κ2) is 37.3. The zero-order valence-corrected chi connectivity index (χ0v) is 68.6. The number of piperidine rings is 1. The first kappa shape index (κ1) is 89.2. The lowest BCUT2D eigenvalue weighted by molar-refractivity contribution is -0.294. The standard InChI is InChI=1S/C78H106N14O26S2/c1-6-54(95)80-50(30-44-37-92(87-83-44)22-24-115-68-60(101)56(97)58(99)62(118-68)66(105)106)52(94)29-42(28-43-36-91(86-82-43)21-23-114-67-59(100)55(96)57(98)61(117-67)65(103)104)64(102)79-17-26-119-120-27-25-116-73(109)85-84-72(108)78(111)70-77(16-20-90-18-11-15-75(8-3,69(77)90)71(78)107)47-31-48(53(112-5)32-51(47)88(70)4)76(39-113-40-93)34-41-33-74(110,7-2)38-89(35-41)19-14-46-45-12-9-10-13-49(45)81-63(46)76/h9-13,15,31-32,36-37,40-42,50,55-62,67-71,81,96-101,107,110-111H,6-8,14,16-30,33-35,38-39H2,1-5H3,(H,79,102)(H,80,95)(H,84,108)(H,85,109)(H,103,104)(H,105,106)/t41-,42-,50+,55+,56+,57+,58+,59?,60?,61?,62?,67-,68-,69+,70-,71-,74+,75-,76+,77-,78+/m1/s1. The van der Waals surface area contributed by atoms with Crippen LogP contribution in [0.3, 0.4) is 0 Å². The first-order chi connectivity index (χ1) is 57.4. The Balaban J connectivity index is 0.659. The molecule has 1 aliphatic carbocycles. The molecule has 10 heterocycles. The van der Waals surface area contributed by atoms with Gasteiger partial charge < -0.3 is 110 Å². The number of anilines is 1. The van der Waals surface area contributed by atoms with Gasteiger partial charge in [0.15, 0.2) is 36.2 Å². The number of aromatic nitrogens is 7. The van der Waals surface area contributed by atoms with E-state index in [1.165, 1.54) is 43.3 Å². The second-order valence-electron chi connectivity index (χ2n) is 32.3. The maximum atomic E-state index is 15.4. The molecule has 2 aromatic carbocycles. The highest BCUT2D eigenvalue weighted by atomic mass is 33.1. The Kier molecular flexibility index (Phi) is 27.7. The zero-order valence-electron chi connectivity index (χ0n) is 66.9. The highest BCUT2D eigenvalue weighted by Gasteiger charge is 2.79. The lowest BCUT2D eigenvalue weighted by atomic mass is 9.47. The quantitative estimate of drug-likeness (QED) is 0.00653. The van der Waals surface area contributed by atoms with Crippen LogP contribution in [0.1, 0.15) is 99.5 Å². The number of hydrogen-bond acceptors (Lipinski definition) is 33. The first-order valence-corrected chi connectivity index (χ1v) is 42.7. The number of nitrogens with zero attached hydrogens (tertiary/aromatic N) is 9. The van der Waals surface area contributed by atoms with Gasteiger partial charge in [0.1, 0.15) is 61.7 Å². The number of hydrazine groups is 1. The van der Waals surface area contributed by atoms with E-state index in [1.54, 1.807) is 21.1 Å². The Labute approximate surface area is 696 Å². The van der Waals surface area contributed by atoms with E-state index in [2.05, 4.69) is 69.0 Å². The number of methoxy groups -OCH3 is 1.